The highest BCUT2D eigenvalue weighted by molar-refractivity contribution is 7.89. The number of unbranched alkanes of at least 4 members (excludes halogenated alkanes) is 1. The second-order valence-electron chi connectivity index (χ2n) is 5.48. The van der Waals surface area contributed by atoms with Crippen molar-refractivity contribution in [2.75, 3.05) is 25.0 Å². The van der Waals surface area contributed by atoms with Crippen LogP contribution in [0.25, 0.3) is 0 Å². The van der Waals surface area contributed by atoms with Gasteiger partial charge in [-0.2, -0.15) is 0 Å². The van der Waals surface area contributed by atoms with E-state index in [9.17, 15) is 18.0 Å². The molecule has 0 saturated carbocycles. The van der Waals surface area contributed by atoms with Gasteiger partial charge in [-0.15, -0.1) is 0 Å². The third-order valence-corrected chi connectivity index (χ3v) is 5.08. The van der Waals surface area contributed by atoms with E-state index >= 15 is 0 Å². The van der Waals surface area contributed by atoms with Crippen molar-refractivity contribution in [3.63, 3.8) is 0 Å². The number of nitrogens with zero attached hydrogens (tertiary/aromatic N) is 1. The first-order chi connectivity index (χ1) is 11.9. The zero-order valence-corrected chi connectivity index (χ0v) is 14.7. The van der Waals surface area contributed by atoms with Crippen molar-refractivity contribution in [3.8, 4) is 0 Å². The average molecular weight is 367 g/mol. The molecule has 25 heavy (non-hydrogen) atoms. The molecule has 1 aliphatic heterocycles. The third-order valence-electron chi connectivity index (χ3n) is 3.60. The van der Waals surface area contributed by atoms with Gasteiger partial charge >= 0.3 is 0 Å². The summed E-state index contributed by atoms with van der Waals surface area (Å²) in [6.07, 6.45) is 2.79. The summed E-state index contributed by atoms with van der Waals surface area (Å²) in [6.45, 7) is 1.97. The summed E-state index contributed by atoms with van der Waals surface area (Å²) in [4.78, 5) is 24.8. The fourth-order valence-corrected chi connectivity index (χ4v) is 3.32. The maximum atomic E-state index is 12.1. The lowest BCUT2D eigenvalue weighted by atomic mass is 10.3. The number of amides is 2. The standard InChI is InChI=1S/C16H21N3O5S/c1-2-3-8-17-25(23,24)13-6-4-12(5-7-13)18-14-11-15(21)19(9-10-20)16(14)22/h4-7,11,17-18,20H,2-3,8-10H2,1H3. The molecule has 9 heteroatoms. The minimum absolute atomic E-state index is 0.0695. The lowest BCUT2D eigenvalue weighted by Gasteiger charge is -2.13. The summed E-state index contributed by atoms with van der Waals surface area (Å²) in [5, 5.41) is 11.7. The van der Waals surface area contributed by atoms with Crippen LogP contribution in [0.5, 0.6) is 0 Å². The normalized spacial score (nSPS) is 14.8. The van der Waals surface area contributed by atoms with Crippen molar-refractivity contribution in [3.05, 3.63) is 36.0 Å². The Bertz CT molecular complexity index is 771. The second kappa shape index (κ2) is 8.24. The first-order valence-electron chi connectivity index (χ1n) is 7.94. The smallest absolute Gasteiger partial charge is 0.277 e. The number of sulfonamides is 1. The van der Waals surface area contributed by atoms with Crippen molar-refractivity contribution in [2.24, 2.45) is 0 Å². The Morgan fingerprint density at radius 3 is 2.44 bits per heavy atom. The molecule has 1 heterocycles. The molecular formula is C16H21N3O5S. The lowest BCUT2D eigenvalue weighted by molar-refractivity contribution is -0.137. The topological polar surface area (TPSA) is 116 Å². The van der Waals surface area contributed by atoms with Crippen LogP contribution in [0.4, 0.5) is 5.69 Å². The molecule has 1 aromatic rings. The van der Waals surface area contributed by atoms with Gasteiger partial charge < -0.3 is 10.4 Å². The van der Waals surface area contributed by atoms with Crippen LogP contribution < -0.4 is 10.0 Å². The van der Waals surface area contributed by atoms with Gasteiger partial charge in [0.2, 0.25) is 10.0 Å². The molecule has 0 aromatic heterocycles. The number of hydrogen-bond acceptors (Lipinski definition) is 6. The quantitative estimate of drug-likeness (QED) is 0.430. The third kappa shape index (κ3) is 4.65. The first kappa shape index (κ1) is 19.1. The SMILES string of the molecule is CCCCNS(=O)(=O)c1ccc(NC2=CC(=O)N(CCO)C2=O)cc1. The number of nitrogens with one attached hydrogen (secondary N) is 2. The minimum Gasteiger partial charge on any atom is -0.395 e. The van der Waals surface area contributed by atoms with Crippen LogP contribution in [0.2, 0.25) is 0 Å². The Morgan fingerprint density at radius 1 is 1.16 bits per heavy atom. The summed E-state index contributed by atoms with van der Waals surface area (Å²) in [6, 6.07) is 5.87. The molecule has 8 nitrogen and oxygen atoms in total. The molecule has 0 radical (unpaired) electrons. The van der Waals surface area contributed by atoms with E-state index in [1.165, 1.54) is 24.3 Å². The predicted octanol–water partition coefficient (Wildman–Crippen LogP) is 0.422. The second-order valence-corrected chi connectivity index (χ2v) is 7.24. The van der Waals surface area contributed by atoms with Gasteiger partial charge in [-0.25, -0.2) is 13.1 Å². The van der Waals surface area contributed by atoms with E-state index in [0.29, 0.717) is 12.2 Å². The van der Waals surface area contributed by atoms with Crippen LogP contribution in [0.15, 0.2) is 40.9 Å². The van der Waals surface area contributed by atoms with Crippen molar-refractivity contribution in [1.29, 1.82) is 0 Å². The summed E-state index contributed by atoms with van der Waals surface area (Å²) in [7, 11) is -3.56. The Hall–Kier alpha value is -2.23. The maximum absolute atomic E-state index is 12.1. The maximum Gasteiger partial charge on any atom is 0.277 e. The molecule has 0 atom stereocenters. The molecule has 1 aliphatic rings. The first-order valence-corrected chi connectivity index (χ1v) is 9.42. The van der Waals surface area contributed by atoms with Gasteiger partial charge in [0.1, 0.15) is 5.70 Å². The van der Waals surface area contributed by atoms with E-state index in [-0.39, 0.29) is 23.7 Å². The number of benzene rings is 1. The van der Waals surface area contributed by atoms with Gasteiger partial charge in [-0.1, -0.05) is 13.3 Å². The van der Waals surface area contributed by atoms with Crippen LogP contribution in [-0.2, 0) is 19.6 Å². The van der Waals surface area contributed by atoms with E-state index in [0.717, 1.165) is 23.8 Å². The average Bonchev–Trinajstić information content (AvgIpc) is 2.83. The number of aliphatic hydroxyl groups is 1. The predicted molar refractivity (Wildman–Crippen MR) is 92.1 cm³/mol. The summed E-state index contributed by atoms with van der Waals surface area (Å²) in [5.41, 5.74) is 0.556. The number of aliphatic hydroxyl groups excluding tert-OH is 1. The zero-order chi connectivity index (χ0) is 18.4. The molecule has 3 N–H and O–H groups in total. The molecule has 0 aliphatic carbocycles. The van der Waals surface area contributed by atoms with Crippen molar-refractivity contribution >= 4 is 27.5 Å². The highest BCUT2D eigenvalue weighted by Gasteiger charge is 2.30. The van der Waals surface area contributed by atoms with Gasteiger partial charge in [0.25, 0.3) is 11.8 Å². The number of hydrogen-bond donors (Lipinski definition) is 3. The number of carbonyl (C=O) groups excluding carboxylic acids is 2. The number of anilines is 1. The minimum atomic E-state index is -3.56. The molecule has 0 saturated heterocycles. The molecule has 0 bridgehead atoms. The molecule has 0 fully saturated rings. The fourth-order valence-electron chi connectivity index (χ4n) is 2.25. The van der Waals surface area contributed by atoms with Gasteiger partial charge in [-0.05, 0) is 30.7 Å². The van der Waals surface area contributed by atoms with Gasteiger partial charge in [-0.3, -0.25) is 14.5 Å². The Labute approximate surface area is 146 Å². The van der Waals surface area contributed by atoms with Crippen LogP contribution in [-0.4, -0.2) is 49.9 Å². The van der Waals surface area contributed by atoms with Crippen molar-refractivity contribution < 1.29 is 23.1 Å². The van der Waals surface area contributed by atoms with Crippen LogP contribution >= 0.6 is 0 Å². The number of β-amino-alcohol motifs (C(OH)–C–C–N with tert-alkyl or cyclic N) is 1. The molecule has 2 rings (SSSR count). The Kier molecular flexibility index (Phi) is 6.29. The Morgan fingerprint density at radius 2 is 1.84 bits per heavy atom. The van der Waals surface area contributed by atoms with E-state index in [1.54, 1.807) is 0 Å². The highest BCUT2D eigenvalue weighted by Crippen LogP contribution is 2.19. The van der Waals surface area contributed by atoms with Crippen molar-refractivity contribution in [2.45, 2.75) is 24.7 Å². The largest absolute Gasteiger partial charge is 0.395 e. The van der Waals surface area contributed by atoms with Gasteiger partial charge in [0.15, 0.2) is 0 Å². The molecule has 2 amide bonds. The van der Waals surface area contributed by atoms with Gasteiger partial charge in [0.05, 0.1) is 18.0 Å². The summed E-state index contributed by atoms with van der Waals surface area (Å²) >= 11 is 0. The summed E-state index contributed by atoms with van der Waals surface area (Å²) in [5.74, 6) is -1.03. The molecule has 136 valence electrons. The molecule has 0 unspecified atom stereocenters. The molecular weight excluding hydrogens is 346 g/mol. The van der Waals surface area contributed by atoms with E-state index < -0.39 is 21.8 Å². The number of carbonyl (C=O) groups is 2. The summed E-state index contributed by atoms with van der Waals surface area (Å²) < 4.78 is 26.7. The monoisotopic (exact) mass is 367 g/mol. The molecule has 0 spiro atoms. The van der Waals surface area contributed by atoms with Crippen LogP contribution in [0.1, 0.15) is 19.8 Å². The molecule has 1 aromatic carbocycles. The number of imide groups is 1. The van der Waals surface area contributed by atoms with Crippen molar-refractivity contribution in [1.82, 2.24) is 9.62 Å². The lowest BCUT2D eigenvalue weighted by Crippen LogP contribution is -2.34. The zero-order valence-electron chi connectivity index (χ0n) is 13.9. The fraction of sp³-hybridized carbons (Fsp3) is 0.375. The van der Waals surface area contributed by atoms with Crippen LogP contribution in [0.3, 0.4) is 0 Å². The van der Waals surface area contributed by atoms with E-state index in [1.807, 2.05) is 6.92 Å². The Balaban J connectivity index is 2.05. The van der Waals surface area contributed by atoms with Gasteiger partial charge in [0, 0.05) is 18.3 Å². The number of rotatable bonds is 9. The van der Waals surface area contributed by atoms with Crippen LogP contribution in [0, 0.1) is 0 Å². The highest BCUT2D eigenvalue weighted by atomic mass is 32.2. The van der Waals surface area contributed by atoms with E-state index in [2.05, 4.69) is 10.0 Å². The van der Waals surface area contributed by atoms with E-state index in [4.69, 9.17) is 5.11 Å².